The predicted octanol–water partition coefficient (Wildman–Crippen LogP) is 4.87. The highest BCUT2D eigenvalue weighted by molar-refractivity contribution is 5.33. The molecule has 1 heteroatoms. The zero-order valence-electron chi connectivity index (χ0n) is 13.9. The van der Waals surface area contributed by atoms with Crippen LogP contribution in [0.3, 0.4) is 0 Å². The smallest absolute Gasteiger partial charge is 0.00831 e. The summed E-state index contributed by atoms with van der Waals surface area (Å²) in [5.74, 6) is 1.55. The highest BCUT2D eigenvalue weighted by atomic mass is 14.9. The van der Waals surface area contributed by atoms with Gasteiger partial charge in [-0.25, -0.2) is 0 Å². The van der Waals surface area contributed by atoms with Crippen LogP contribution in [0.4, 0.5) is 0 Å². The molecule has 1 aliphatic carbocycles. The molecule has 0 unspecified atom stereocenters. The van der Waals surface area contributed by atoms with E-state index >= 15 is 0 Å². The summed E-state index contributed by atoms with van der Waals surface area (Å²) in [6, 6.07) is 9.99. The van der Waals surface area contributed by atoms with Gasteiger partial charge in [-0.15, -0.1) is 0 Å². The van der Waals surface area contributed by atoms with E-state index in [4.69, 9.17) is 0 Å². The van der Waals surface area contributed by atoms with E-state index < -0.39 is 0 Å². The van der Waals surface area contributed by atoms with E-state index in [1.807, 2.05) is 0 Å². The van der Waals surface area contributed by atoms with Gasteiger partial charge in [-0.05, 0) is 35.8 Å². The minimum atomic E-state index is 0.389. The molecule has 1 aromatic carbocycles. The summed E-state index contributed by atoms with van der Waals surface area (Å²) in [5, 5.41) is 3.67. The molecule has 1 aliphatic rings. The van der Waals surface area contributed by atoms with Crippen LogP contribution in [0, 0.1) is 5.92 Å². The van der Waals surface area contributed by atoms with Crippen LogP contribution in [-0.2, 0) is 5.41 Å². The van der Waals surface area contributed by atoms with Crippen molar-refractivity contribution in [3.63, 3.8) is 0 Å². The quantitative estimate of drug-likeness (QED) is 0.780. The molecular formula is C19H31N. The van der Waals surface area contributed by atoms with Crippen molar-refractivity contribution in [2.24, 2.45) is 5.92 Å². The zero-order chi connectivity index (χ0) is 14.8. The third-order valence-electron chi connectivity index (χ3n) is 4.97. The Kier molecular flexibility index (Phi) is 4.90. The Morgan fingerprint density at radius 1 is 1.10 bits per heavy atom. The molecule has 112 valence electrons. The predicted molar refractivity (Wildman–Crippen MR) is 88.4 cm³/mol. The molecule has 0 spiro atoms. The van der Waals surface area contributed by atoms with Crippen LogP contribution in [0.5, 0.6) is 0 Å². The van der Waals surface area contributed by atoms with E-state index in [0.29, 0.717) is 17.4 Å². The van der Waals surface area contributed by atoms with Gasteiger partial charge in [-0.1, -0.05) is 65.3 Å². The van der Waals surface area contributed by atoms with Crippen molar-refractivity contribution < 1.29 is 0 Å². The lowest BCUT2D eigenvalue weighted by molar-refractivity contribution is 0.131. The maximum atomic E-state index is 3.67. The molecule has 0 atom stereocenters. The molecule has 0 bridgehead atoms. The molecule has 0 radical (unpaired) electrons. The third-order valence-corrected chi connectivity index (χ3v) is 4.97. The molecule has 1 N–H and O–H groups in total. The Bertz CT molecular complexity index is 410. The first kappa shape index (κ1) is 15.6. The Morgan fingerprint density at radius 3 is 2.15 bits per heavy atom. The highest BCUT2D eigenvalue weighted by Crippen LogP contribution is 2.49. The Morgan fingerprint density at radius 2 is 1.70 bits per heavy atom. The lowest BCUT2D eigenvalue weighted by Crippen LogP contribution is -2.49. The summed E-state index contributed by atoms with van der Waals surface area (Å²) >= 11 is 0. The second-order valence-corrected chi connectivity index (χ2v) is 7.28. The van der Waals surface area contributed by atoms with E-state index in [2.05, 4.69) is 64.2 Å². The van der Waals surface area contributed by atoms with Crippen molar-refractivity contribution in [1.29, 1.82) is 0 Å². The Balaban J connectivity index is 2.14. The van der Waals surface area contributed by atoms with E-state index in [0.717, 1.165) is 12.5 Å². The van der Waals surface area contributed by atoms with Crippen LogP contribution >= 0.6 is 0 Å². The van der Waals surface area contributed by atoms with Gasteiger partial charge in [0, 0.05) is 18.0 Å². The topological polar surface area (TPSA) is 12.0 Å². The first-order valence-electron chi connectivity index (χ1n) is 8.30. The molecule has 1 aromatic rings. The molecule has 0 aliphatic heterocycles. The SMILES string of the molecule is CCC1CC(CNC(C)C)(c2ccc(C(C)C)cc2)C1. The first-order chi connectivity index (χ1) is 9.47. The van der Waals surface area contributed by atoms with Crippen LogP contribution < -0.4 is 5.32 Å². The normalized spacial score (nSPS) is 26.1. The summed E-state index contributed by atoms with van der Waals surface area (Å²) in [6.45, 7) is 12.5. The molecule has 2 rings (SSSR count). The maximum absolute atomic E-state index is 3.67. The monoisotopic (exact) mass is 273 g/mol. The second kappa shape index (κ2) is 6.30. The standard InChI is InChI=1S/C19H31N/c1-6-16-11-19(12-16,13-20-15(4)5)18-9-7-17(8-10-18)14(2)3/h7-10,14-16,20H,6,11-13H2,1-5H3. The summed E-state index contributed by atoms with van der Waals surface area (Å²) in [6.07, 6.45) is 4.03. The van der Waals surface area contributed by atoms with Gasteiger partial charge in [0.2, 0.25) is 0 Å². The Hall–Kier alpha value is -0.820. The van der Waals surface area contributed by atoms with Crippen molar-refractivity contribution in [3.8, 4) is 0 Å². The van der Waals surface area contributed by atoms with E-state index in [1.54, 1.807) is 5.56 Å². The summed E-state index contributed by atoms with van der Waals surface area (Å²) in [4.78, 5) is 0. The van der Waals surface area contributed by atoms with Gasteiger partial charge in [-0.3, -0.25) is 0 Å². The van der Waals surface area contributed by atoms with Gasteiger partial charge >= 0.3 is 0 Å². The molecule has 0 amide bonds. The number of hydrogen-bond acceptors (Lipinski definition) is 1. The number of benzene rings is 1. The summed E-state index contributed by atoms with van der Waals surface area (Å²) in [7, 11) is 0. The molecule has 0 saturated heterocycles. The molecule has 1 nitrogen and oxygen atoms in total. The van der Waals surface area contributed by atoms with E-state index in [9.17, 15) is 0 Å². The minimum Gasteiger partial charge on any atom is -0.314 e. The summed E-state index contributed by atoms with van der Waals surface area (Å²) in [5.41, 5.74) is 3.38. The maximum Gasteiger partial charge on any atom is 0.00831 e. The summed E-state index contributed by atoms with van der Waals surface area (Å²) < 4.78 is 0. The van der Waals surface area contributed by atoms with Crippen LogP contribution in [0.25, 0.3) is 0 Å². The van der Waals surface area contributed by atoms with E-state index in [1.165, 1.54) is 24.8 Å². The molecule has 1 fully saturated rings. The van der Waals surface area contributed by atoms with Crippen LogP contribution in [0.15, 0.2) is 24.3 Å². The molecule has 0 heterocycles. The highest BCUT2D eigenvalue weighted by Gasteiger charge is 2.44. The molecule has 0 aromatic heterocycles. The third kappa shape index (κ3) is 3.25. The van der Waals surface area contributed by atoms with E-state index in [-0.39, 0.29) is 0 Å². The van der Waals surface area contributed by atoms with Crippen molar-refractivity contribution in [3.05, 3.63) is 35.4 Å². The van der Waals surface area contributed by atoms with Gasteiger partial charge in [0.25, 0.3) is 0 Å². The van der Waals surface area contributed by atoms with Crippen molar-refractivity contribution in [2.45, 2.75) is 71.3 Å². The number of rotatable bonds is 6. The van der Waals surface area contributed by atoms with Crippen LogP contribution in [0.1, 0.15) is 70.9 Å². The molecule has 1 saturated carbocycles. The van der Waals surface area contributed by atoms with Crippen molar-refractivity contribution in [2.75, 3.05) is 6.54 Å². The van der Waals surface area contributed by atoms with Crippen LogP contribution in [0.2, 0.25) is 0 Å². The van der Waals surface area contributed by atoms with Gasteiger partial charge in [-0.2, -0.15) is 0 Å². The average molecular weight is 273 g/mol. The van der Waals surface area contributed by atoms with Gasteiger partial charge in [0.15, 0.2) is 0 Å². The number of hydrogen-bond donors (Lipinski definition) is 1. The average Bonchev–Trinajstić information content (AvgIpc) is 2.38. The lowest BCUT2D eigenvalue weighted by atomic mass is 9.57. The fourth-order valence-corrected chi connectivity index (χ4v) is 3.44. The zero-order valence-corrected chi connectivity index (χ0v) is 13.9. The Labute approximate surface area is 125 Å². The fourth-order valence-electron chi connectivity index (χ4n) is 3.44. The molecular weight excluding hydrogens is 242 g/mol. The van der Waals surface area contributed by atoms with Gasteiger partial charge in [0.05, 0.1) is 0 Å². The number of nitrogens with one attached hydrogen (secondary N) is 1. The minimum absolute atomic E-state index is 0.389. The van der Waals surface area contributed by atoms with Gasteiger partial charge in [0.1, 0.15) is 0 Å². The largest absolute Gasteiger partial charge is 0.314 e. The van der Waals surface area contributed by atoms with Crippen LogP contribution in [-0.4, -0.2) is 12.6 Å². The van der Waals surface area contributed by atoms with Crippen molar-refractivity contribution in [1.82, 2.24) is 5.32 Å². The molecule has 20 heavy (non-hydrogen) atoms. The second-order valence-electron chi connectivity index (χ2n) is 7.28. The van der Waals surface area contributed by atoms with Gasteiger partial charge < -0.3 is 5.32 Å². The van der Waals surface area contributed by atoms with Crippen molar-refractivity contribution >= 4 is 0 Å². The fraction of sp³-hybridized carbons (Fsp3) is 0.684. The lowest BCUT2D eigenvalue weighted by Gasteiger charge is -2.49. The first-order valence-corrected chi connectivity index (χ1v) is 8.30.